The third kappa shape index (κ3) is 6.19. The van der Waals surface area contributed by atoms with Crippen LogP contribution in [0.3, 0.4) is 0 Å². The van der Waals surface area contributed by atoms with Crippen molar-refractivity contribution in [2.24, 2.45) is 0 Å². The van der Waals surface area contributed by atoms with Gasteiger partial charge in [0.05, 0.1) is 10.5 Å². The summed E-state index contributed by atoms with van der Waals surface area (Å²) < 4.78 is 23.4. The Morgan fingerprint density at radius 1 is 1.16 bits per heavy atom. The van der Waals surface area contributed by atoms with E-state index in [1.807, 2.05) is 37.3 Å². The first-order chi connectivity index (χ1) is 12.0. The Hall–Kier alpha value is -2.41. The van der Waals surface area contributed by atoms with Gasteiger partial charge in [0.1, 0.15) is 11.6 Å². The SMILES string of the molecule is C[C@H](NC(=O)COC(=O)COc1ccc(F)cc1Br)c1ccccc1. The molecule has 2 rings (SSSR count). The highest BCUT2D eigenvalue weighted by atomic mass is 79.9. The lowest BCUT2D eigenvalue weighted by molar-refractivity contribution is -0.150. The molecular weight excluding hydrogens is 393 g/mol. The topological polar surface area (TPSA) is 64.6 Å². The summed E-state index contributed by atoms with van der Waals surface area (Å²) in [6.45, 7) is 1.06. The third-order valence-electron chi connectivity index (χ3n) is 3.28. The molecule has 132 valence electrons. The molecule has 0 aliphatic rings. The number of carbonyl (C=O) groups excluding carboxylic acids is 2. The standard InChI is InChI=1S/C18H17BrFNO4/c1-12(13-5-3-2-4-6-13)21-17(22)10-25-18(23)11-24-16-8-7-14(20)9-15(16)19/h2-9,12H,10-11H2,1H3,(H,21,22)/t12-/m0/s1. The average molecular weight is 410 g/mol. The van der Waals surface area contributed by atoms with Gasteiger partial charge in [0.25, 0.3) is 5.91 Å². The van der Waals surface area contributed by atoms with Gasteiger partial charge in [-0.2, -0.15) is 0 Å². The minimum Gasteiger partial charge on any atom is -0.481 e. The van der Waals surface area contributed by atoms with Crippen LogP contribution in [0.25, 0.3) is 0 Å². The van der Waals surface area contributed by atoms with Gasteiger partial charge in [0, 0.05) is 0 Å². The lowest BCUT2D eigenvalue weighted by Crippen LogP contribution is -2.31. The lowest BCUT2D eigenvalue weighted by atomic mass is 10.1. The van der Waals surface area contributed by atoms with Crippen LogP contribution in [0.5, 0.6) is 5.75 Å². The molecule has 0 aliphatic heterocycles. The van der Waals surface area contributed by atoms with Gasteiger partial charge in [-0.1, -0.05) is 30.3 Å². The number of ether oxygens (including phenoxy) is 2. The molecular formula is C18H17BrFNO4. The maximum atomic E-state index is 13.0. The predicted molar refractivity (Wildman–Crippen MR) is 93.6 cm³/mol. The molecule has 0 radical (unpaired) electrons. The number of carbonyl (C=O) groups is 2. The highest BCUT2D eigenvalue weighted by Crippen LogP contribution is 2.25. The molecule has 0 fully saturated rings. The smallest absolute Gasteiger partial charge is 0.344 e. The van der Waals surface area contributed by atoms with Crippen LogP contribution in [0, 0.1) is 5.82 Å². The number of halogens is 2. The second-order valence-corrected chi connectivity index (χ2v) is 6.08. The molecule has 1 N–H and O–H groups in total. The molecule has 0 unspecified atom stereocenters. The summed E-state index contributed by atoms with van der Waals surface area (Å²) in [6, 6.07) is 13.1. The van der Waals surface area contributed by atoms with E-state index in [2.05, 4.69) is 21.2 Å². The Morgan fingerprint density at radius 2 is 1.88 bits per heavy atom. The largest absolute Gasteiger partial charge is 0.481 e. The highest BCUT2D eigenvalue weighted by Gasteiger charge is 2.13. The van der Waals surface area contributed by atoms with E-state index in [0.717, 1.165) is 5.56 Å². The Balaban J connectivity index is 1.73. The van der Waals surface area contributed by atoms with Crippen molar-refractivity contribution in [1.82, 2.24) is 5.32 Å². The van der Waals surface area contributed by atoms with Crippen LogP contribution in [-0.2, 0) is 14.3 Å². The maximum Gasteiger partial charge on any atom is 0.344 e. The van der Waals surface area contributed by atoms with Crippen molar-refractivity contribution >= 4 is 27.8 Å². The molecule has 0 bridgehead atoms. The molecule has 0 spiro atoms. The zero-order valence-electron chi connectivity index (χ0n) is 13.5. The molecule has 2 aromatic carbocycles. The van der Waals surface area contributed by atoms with Crippen LogP contribution >= 0.6 is 15.9 Å². The van der Waals surface area contributed by atoms with Crippen molar-refractivity contribution in [3.63, 3.8) is 0 Å². The molecule has 0 aliphatic carbocycles. The number of esters is 1. The molecule has 25 heavy (non-hydrogen) atoms. The second-order valence-electron chi connectivity index (χ2n) is 5.22. The van der Waals surface area contributed by atoms with Gasteiger partial charge in [-0.25, -0.2) is 9.18 Å². The van der Waals surface area contributed by atoms with E-state index in [0.29, 0.717) is 10.2 Å². The fourth-order valence-electron chi connectivity index (χ4n) is 2.02. The van der Waals surface area contributed by atoms with Crippen LogP contribution in [0.1, 0.15) is 18.5 Å². The molecule has 0 saturated heterocycles. The molecule has 1 amide bonds. The zero-order valence-corrected chi connectivity index (χ0v) is 15.1. The predicted octanol–water partition coefficient (Wildman–Crippen LogP) is 3.39. The summed E-state index contributed by atoms with van der Waals surface area (Å²) in [7, 11) is 0. The zero-order chi connectivity index (χ0) is 18.2. The Labute approximate surface area is 153 Å². The second kappa shape index (κ2) is 9.17. The number of hydrogen-bond acceptors (Lipinski definition) is 4. The molecule has 1 atom stereocenters. The van der Waals surface area contributed by atoms with Crippen LogP contribution < -0.4 is 10.1 Å². The number of rotatable bonds is 7. The first-order valence-electron chi connectivity index (χ1n) is 7.53. The maximum absolute atomic E-state index is 13.0. The summed E-state index contributed by atoms with van der Waals surface area (Å²) in [5, 5.41) is 2.73. The molecule has 5 nitrogen and oxygen atoms in total. The number of benzene rings is 2. The summed E-state index contributed by atoms with van der Waals surface area (Å²) in [6.07, 6.45) is 0. The molecule has 0 saturated carbocycles. The summed E-state index contributed by atoms with van der Waals surface area (Å²) in [5.74, 6) is -1.22. The van der Waals surface area contributed by atoms with Crippen molar-refractivity contribution < 1.29 is 23.5 Å². The monoisotopic (exact) mass is 409 g/mol. The highest BCUT2D eigenvalue weighted by molar-refractivity contribution is 9.10. The average Bonchev–Trinajstić information content (AvgIpc) is 2.60. The first kappa shape index (κ1) is 18.9. The van der Waals surface area contributed by atoms with Gasteiger partial charge in [-0.15, -0.1) is 0 Å². The number of nitrogens with one attached hydrogen (secondary N) is 1. The fourth-order valence-corrected chi connectivity index (χ4v) is 2.49. The molecule has 7 heteroatoms. The van der Waals surface area contributed by atoms with Gasteiger partial charge >= 0.3 is 5.97 Å². The number of amides is 1. The van der Waals surface area contributed by atoms with Gasteiger partial charge in [-0.3, -0.25) is 4.79 Å². The van der Waals surface area contributed by atoms with Gasteiger partial charge in [-0.05, 0) is 46.6 Å². The van der Waals surface area contributed by atoms with Crippen molar-refractivity contribution in [3.05, 3.63) is 64.4 Å². The Morgan fingerprint density at radius 3 is 2.56 bits per heavy atom. The van der Waals surface area contributed by atoms with Crippen LogP contribution in [-0.4, -0.2) is 25.1 Å². The fraction of sp³-hybridized carbons (Fsp3) is 0.222. The van der Waals surface area contributed by atoms with Crippen molar-refractivity contribution in [2.45, 2.75) is 13.0 Å². The molecule has 0 heterocycles. The normalized spacial score (nSPS) is 11.5. The third-order valence-corrected chi connectivity index (χ3v) is 3.90. The summed E-state index contributed by atoms with van der Waals surface area (Å²) >= 11 is 3.13. The Kier molecular flexibility index (Phi) is 6.94. The first-order valence-corrected chi connectivity index (χ1v) is 8.33. The van der Waals surface area contributed by atoms with Gasteiger partial charge < -0.3 is 14.8 Å². The van der Waals surface area contributed by atoms with E-state index >= 15 is 0 Å². The van der Waals surface area contributed by atoms with E-state index < -0.39 is 24.3 Å². The van der Waals surface area contributed by atoms with Crippen molar-refractivity contribution in [3.8, 4) is 5.75 Å². The van der Waals surface area contributed by atoms with Crippen LogP contribution in [0.15, 0.2) is 53.0 Å². The van der Waals surface area contributed by atoms with Crippen molar-refractivity contribution in [1.29, 1.82) is 0 Å². The Bertz CT molecular complexity index is 739. The molecule has 0 aromatic heterocycles. The van der Waals surface area contributed by atoms with E-state index in [-0.39, 0.29) is 12.6 Å². The summed E-state index contributed by atoms with van der Waals surface area (Å²) in [4.78, 5) is 23.5. The minimum atomic E-state index is -0.696. The van der Waals surface area contributed by atoms with E-state index in [1.54, 1.807) is 0 Å². The van der Waals surface area contributed by atoms with E-state index in [9.17, 15) is 14.0 Å². The number of hydrogen-bond donors (Lipinski definition) is 1. The van der Waals surface area contributed by atoms with Crippen molar-refractivity contribution in [2.75, 3.05) is 13.2 Å². The van der Waals surface area contributed by atoms with Crippen LogP contribution in [0.2, 0.25) is 0 Å². The molecule has 2 aromatic rings. The lowest BCUT2D eigenvalue weighted by Gasteiger charge is -2.14. The van der Waals surface area contributed by atoms with E-state index in [1.165, 1.54) is 18.2 Å². The minimum absolute atomic E-state index is 0.196. The summed E-state index contributed by atoms with van der Waals surface area (Å²) in [5.41, 5.74) is 0.951. The van der Waals surface area contributed by atoms with Crippen LogP contribution in [0.4, 0.5) is 4.39 Å². The quantitative estimate of drug-likeness (QED) is 0.711. The van der Waals surface area contributed by atoms with Gasteiger partial charge in [0.15, 0.2) is 13.2 Å². The van der Waals surface area contributed by atoms with Gasteiger partial charge in [0.2, 0.25) is 0 Å². The van der Waals surface area contributed by atoms with E-state index in [4.69, 9.17) is 9.47 Å².